The molecule has 2 aromatic carbocycles. The van der Waals surface area contributed by atoms with Crippen molar-refractivity contribution in [1.29, 1.82) is 0 Å². The van der Waals surface area contributed by atoms with E-state index in [9.17, 15) is 15.0 Å². The van der Waals surface area contributed by atoms with Crippen LogP contribution in [0.1, 0.15) is 44.7 Å². The van der Waals surface area contributed by atoms with Gasteiger partial charge in [-0.2, -0.15) is 0 Å². The molecule has 0 aliphatic heterocycles. The molecular formula is C26H30O5. The third-order valence-corrected chi connectivity index (χ3v) is 5.83. The minimum atomic E-state index is -0.00823. The number of phenols is 2. The van der Waals surface area contributed by atoms with Gasteiger partial charge in [-0.1, -0.05) is 32.9 Å². The zero-order chi connectivity index (χ0) is 22.8. The molecule has 5 heteroatoms. The van der Waals surface area contributed by atoms with Gasteiger partial charge in [0.2, 0.25) is 0 Å². The number of phenolic OH excluding ortho intramolecular Hbond substituents is 2. The molecule has 2 N–H and O–H groups in total. The van der Waals surface area contributed by atoms with E-state index in [0.717, 1.165) is 11.1 Å². The van der Waals surface area contributed by atoms with Crippen molar-refractivity contribution < 1.29 is 24.5 Å². The van der Waals surface area contributed by atoms with Gasteiger partial charge in [0.1, 0.15) is 0 Å². The molecule has 1 aliphatic rings. The second-order valence-corrected chi connectivity index (χ2v) is 9.00. The number of rotatable bonds is 4. The summed E-state index contributed by atoms with van der Waals surface area (Å²) in [5.41, 5.74) is 2.93. The second-order valence-electron chi connectivity index (χ2n) is 9.00. The summed E-state index contributed by atoms with van der Waals surface area (Å²) in [7, 11) is 3.00. The van der Waals surface area contributed by atoms with E-state index in [1.54, 1.807) is 24.3 Å². The highest BCUT2D eigenvalue weighted by Crippen LogP contribution is 2.42. The summed E-state index contributed by atoms with van der Waals surface area (Å²) in [4.78, 5) is 13.3. The Morgan fingerprint density at radius 3 is 1.58 bits per heavy atom. The highest BCUT2D eigenvalue weighted by Gasteiger charge is 2.34. The molecule has 0 saturated heterocycles. The lowest BCUT2D eigenvalue weighted by Gasteiger charge is -2.35. The van der Waals surface area contributed by atoms with Crippen molar-refractivity contribution in [2.75, 3.05) is 14.2 Å². The largest absolute Gasteiger partial charge is 0.504 e. The smallest absolute Gasteiger partial charge is 0.185 e. The first-order chi connectivity index (χ1) is 14.6. The van der Waals surface area contributed by atoms with Crippen LogP contribution in [0.25, 0.3) is 12.2 Å². The van der Waals surface area contributed by atoms with Gasteiger partial charge in [0.05, 0.1) is 14.2 Å². The van der Waals surface area contributed by atoms with Gasteiger partial charge in [-0.05, 0) is 71.7 Å². The predicted molar refractivity (Wildman–Crippen MR) is 122 cm³/mol. The molecule has 1 aliphatic carbocycles. The van der Waals surface area contributed by atoms with Crippen molar-refractivity contribution in [3.05, 3.63) is 58.7 Å². The van der Waals surface area contributed by atoms with E-state index >= 15 is 0 Å². The number of carbonyl (C=O) groups excluding carboxylic acids is 1. The fourth-order valence-corrected chi connectivity index (χ4v) is 3.85. The number of Topliss-reactive ketones (excluding diaryl/α,β-unsaturated/α-hetero) is 1. The molecule has 0 unspecified atom stereocenters. The SMILES string of the molecule is COc1ccc(C=C2CC(C(C)(C)C)CC(=Cc3ccc(OC)c(O)c3)C2=O)cc1O. The summed E-state index contributed by atoms with van der Waals surface area (Å²) in [5.74, 6) is 1.13. The Bertz CT molecular complexity index is 965. The second kappa shape index (κ2) is 8.88. The van der Waals surface area contributed by atoms with Gasteiger partial charge in [0.25, 0.3) is 0 Å². The Labute approximate surface area is 183 Å². The Kier molecular flexibility index (Phi) is 6.44. The normalized spacial score (nSPS) is 19.6. The Hall–Kier alpha value is -3.21. The Balaban J connectivity index is 2.01. The van der Waals surface area contributed by atoms with Crippen molar-refractivity contribution in [3.63, 3.8) is 0 Å². The van der Waals surface area contributed by atoms with E-state index in [0.29, 0.717) is 35.5 Å². The van der Waals surface area contributed by atoms with Crippen molar-refractivity contribution in [2.45, 2.75) is 33.6 Å². The molecule has 0 amide bonds. The summed E-state index contributed by atoms with van der Waals surface area (Å²) < 4.78 is 10.2. The molecule has 3 rings (SSSR count). The number of allylic oxidation sites excluding steroid dienone is 2. The van der Waals surface area contributed by atoms with Crippen LogP contribution >= 0.6 is 0 Å². The van der Waals surface area contributed by atoms with Crippen LogP contribution in [0.2, 0.25) is 0 Å². The van der Waals surface area contributed by atoms with Crippen LogP contribution in [0.15, 0.2) is 47.5 Å². The van der Waals surface area contributed by atoms with Crippen LogP contribution in [0.3, 0.4) is 0 Å². The van der Waals surface area contributed by atoms with Crippen LogP contribution in [-0.4, -0.2) is 30.2 Å². The maximum absolute atomic E-state index is 13.3. The number of ketones is 1. The fourth-order valence-electron chi connectivity index (χ4n) is 3.85. The average Bonchev–Trinajstić information content (AvgIpc) is 2.70. The van der Waals surface area contributed by atoms with Gasteiger partial charge in [-0.3, -0.25) is 4.79 Å². The first-order valence-corrected chi connectivity index (χ1v) is 10.3. The van der Waals surface area contributed by atoms with Crippen molar-refractivity contribution in [3.8, 4) is 23.0 Å². The Morgan fingerprint density at radius 2 is 1.26 bits per heavy atom. The number of carbonyl (C=O) groups is 1. The highest BCUT2D eigenvalue weighted by atomic mass is 16.5. The molecule has 5 nitrogen and oxygen atoms in total. The maximum atomic E-state index is 13.3. The summed E-state index contributed by atoms with van der Waals surface area (Å²) in [6, 6.07) is 10.2. The summed E-state index contributed by atoms with van der Waals surface area (Å²) in [5, 5.41) is 20.2. The minimum absolute atomic E-state index is 0.00823. The predicted octanol–water partition coefficient (Wildman–Crippen LogP) is 5.61. The third-order valence-electron chi connectivity index (χ3n) is 5.83. The zero-order valence-corrected chi connectivity index (χ0v) is 18.7. The molecule has 164 valence electrons. The number of hydrogen-bond acceptors (Lipinski definition) is 5. The van der Waals surface area contributed by atoms with Crippen LogP contribution in [-0.2, 0) is 4.79 Å². The lowest BCUT2D eigenvalue weighted by Crippen LogP contribution is -2.29. The molecule has 1 fully saturated rings. The van der Waals surface area contributed by atoms with Gasteiger partial charge in [0.15, 0.2) is 28.8 Å². The molecule has 0 aromatic heterocycles. The molecule has 0 bridgehead atoms. The fraction of sp³-hybridized carbons (Fsp3) is 0.346. The molecule has 1 saturated carbocycles. The van der Waals surface area contributed by atoms with Crippen molar-refractivity contribution in [2.24, 2.45) is 11.3 Å². The molecule has 31 heavy (non-hydrogen) atoms. The van der Waals surface area contributed by atoms with Gasteiger partial charge >= 0.3 is 0 Å². The van der Waals surface area contributed by atoms with E-state index in [4.69, 9.17) is 9.47 Å². The lowest BCUT2D eigenvalue weighted by atomic mass is 9.68. The van der Waals surface area contributed by atoms with Crippen molar-refractivity contribution >= 4 is 17.9 Å². The standard InChI is InChI=1S/C26H30O5/c1-26(2,3)20-14-18(10-16-6-8-23(30-4)21(27)12-16)25(29)19(15-20)11-17-7-9-24(31-5)22(28)13-17/h6-13,20,27-28H,14-15H2,1-5H3. The van der Waals surface area contributed by atoms with E-state index < -0.39 is 0 Å². The molecule has 2 aromatic rings. The minimum Gasteiger partial charge on any atom is -0.504 e. The molecule has 0 radical (unpaired) electrons. The number of hydrogen-bond donors (Lipinski definition) is 2. The summed E-state index contributed by atoms with van der Waals surface area (Å²) in [6.07, 6.45) is 5.03. The van der Waals surface area contributed by atoms with Gasteiger partial charge in [-0.25, -0.2) is 0 Å². The van der Waals surface area contributed by atoms with Crippen LogP contribution < -0.4 is 9.47 Å². The quantitative estimate of drug-likeness (QED) is 0.627. The zero-order valence-electron chi connectivity index (χ0n) is 18.7. The number of ether oxygens (including phenoxy) is 2. The monoisotopic (exact) mass is 422 g/mol. The highest BCUT2D eigenvalue weighted by molar-refractivity contribution is 6.14. The molecule has 0 spiro atoms. The first kappa shape index (κ1) is 22.5. The summed E-state index contributed by atoms with van der Waals surface area (Å²) in [6.45, 7) is 6.55. The van der Waals surface area contributed by atoms with E-state index in [1.807, 2.05) is 24.3 Å². The van der Waals surface area contributed by atoms with Crippen LogP contribution in [0, 0.1) is 11.3 Å². The topological polar surface area (TPSA) is 76.0 Å². The summed E-state index contributed by atoms with van der Waals surface area (Å²) >= 11 is 0. The Morgan fingerprint density at radius 1 is 0.839 bits per heavy atom. The number of aromatic hydroxyl groups is 2. The van der Waals surface area contributed by atoms with Gasteiger partial charge in [0, 0.05) is 11.1 Å². The van der Waals surface area contributed by atoms with Crippen LogP contribution in [0.4, 0.5) is 0 Å². The third kappa shape index (κ3) is 5.10. The maximum Gasteiger partial charge on any atom is 0.185 e. The van der Waals surface area contributed by atoms with Gasteiger partial charge < -0.3 is 19.7 Å². The number of methoxy groups -OCH3 is 2. The average molecular weight is 423 g/mol. The van der Waals surface area contributed by atoms with E-state index in [2.05, 4.69) is 20.8 Å². The van der Waals surface area contributed by atoms with E-state index in [-0.39, 0.29) is 28.6 Å². The van der Waals surface area contributed by atoms with Crippen molar-refractivity contribution in [1.82, 2.24) is 0 Å². The molecule has 0 heterocycles. The van der Waals surface area contributed by atoms with E-state index in [1.165, 1.54) is 14.2 Å². The number of benzene rings is 2. The first-order valence-electron chi connectivity index (χ1n) is 10.3. The van der Waals surface area contributed by atoms with Crippen LogP contribution in [0.5, 0.6) is 23.0 Å². The van der Waals surface area contributed by atoms with Gasteiger partial charge in [-0.15, -0.1) is 0 Å². The molecular weight excluding hydrogens is 392 g/mol. The lowest BCUT2D eigenvalue weighted by molar-refractivity contribution is -0.113. The molecule has 0 atom stereocenters.